The van der Waals surface area contributed by atoms with Crippen LogP contribution in [0.2, 0.25) is 0 Å². The Labute approximate surface area is 151 Å². The lowest BCUT2D eigenvalue weighted by Gasteiger charge is -2.19. The Kier molecular flexibility index (Phi) is 7.11. The lowest BCUT2D eigenvalue weighted by Crippen LogP contribution is -2.25. The fraction of sp³-hybridized carbons (Fsp3) is 0.353. The number of hydrazine groups is 2. The SMILES string of the molecule is Cc1csc(CSc2c(C3CC3)cccc2N(C)N)c1.NNC=O. The van der Waals surface area contributed by atoms with Gasteiger partial charge in [-0.2, -0.15) is 0 Å². The van der Waals surface area contributed by atoms with Gasteiger partial charge in [-0.15, -0.1) is 23.1 Å². The van der Waals surface area contributed by atoms with Crippen molar-refractivity contribution in [1.29, 1.82) is 0 Å². The molecule has 24 heavy (non-hydrogen) atoms. The molecule has 0 atom stereocenters. The van der Waals surface area contributed by atoms with Crippen molar-refractivity contribution in [3.63, 3.8) is 0 Å². The van der Waals surface area contributed by atoms with Crippen LogP contribution in [0.4, 0.5) is 5.69 Å². The van der Waals surface area contributed by atoms with E-state index in [0.29, 0.717) is 6.41 Å². The van der Waals surface area contributed by atoms with Crippen molar-refractivity contribution in [2.75, 3.05) is 12.1 Å². The van der Waals surface area contributed by atoms with E-state index in [2.05, 4.69) is 42.4 Å². The van der Waals surface area contributed by atoms with Crippen LogP contribution >= 0.6 is 23.1 Å². The van der Waals surface area contributed by atoms with Crippen LogP contribution in [-0.2, 0) is 10.5 Å². The van der Waals surface area contributed by atoms with Gasteiger partial charge in [-0.3, -0.25) is 10.2 Å². The third kappa shape index (κ3) is 5.24. The second-order valence-electron chi connectivity index (χ2n) is 5.74. The van der Waals surface area contributed by atoms with Crippen LogP contribution in [0.1, 0.15) is 34.8 Å². The average Bonchev–Trinajstić information content (AvgIpc) is 3.34. The van der Waals surface area contributed by atoms with Crippen LogP contribution in [0.25, 0.3) is 0 Å². The second-order valence-corrected chi connectivity index (χ2v) is 7.73. The number of nitrogens with zero attached hydrogens (tertiary/aromatic N) is 1. The Morgan fingerprint density at radius 3 is 2.67 bits per heavy atom. The molecule has 0 aliphatic heterocycles. The molecule has 1 aromatic heterocycles. The fourth-order valence-corrected chi connectivity index (χ4v) is 4.64. The normalized spacial score (nSPS) is 13.0. The highest BCUT2D eigenvalue weighted by atomic mass is 32.2. The first-order valence-electron chi connectivity index (χ1n) is 7.74. The monoisotopic (exact) mass is 364 g/mol. The van der Waals surface area contributed by atoms with Gasteiger partial charge in [0.1, 0.15) is 0 Å². The molecular weight excluding hydrogens is 340 g/mol. The minimum atomic E-state index is 0.403. The van der Waals surface area contributed by atoms with E-state index in [0.717, 1.165) is 17.4 Å². The summed E-state index contributed by atoms with van der Waals surface area (Å²) in [6.45, 7) is 2.15. The molecule has 0 radical (unpaired) electrons. The summed E-state index contributed by atoms with van der Waals surface area (Å²) >= 11 is 3.77. The van der Waals surface area contributed by atoms with Crippen molar-refractivity contribution in [2.45, 2.75) is 36.3 Å². The second kappa shape index (κ2) is 9.08. The minimum Gasteiger partial charge on any atom is -0.313 e. The first-order valence-corrected chi connectivity index (χ1v) is 9.61. The maximum Gasteiger partial charge on any atom is 0.221 e. The van der Waals surface area contributed by atoms with Crippen LogP contribution < -0.4 is 22.1 Å². The van der Waals surface area contributed by atoms with Crippen LogP contribution in [0.5, 0.6) is 0 Å². The zero-order valence-corrected chi connectivity index (χ0v) is 15.6. The molecule has 1 saturated carbocycles. The molecule has 5 nitrogen and oxygen atoms in total. The fourth-order valence-electron chi connectivity index (χ4n) is 2.40. The third-order valence-corrected chi connectivity index (χ3v) is 6.06. The van der Waals surface area contributed by atoms with Crippen molar-refractivity contribution in [1.82, 2.24) is 5.43 Å². The summed E-state index contributed by atoms with van der Waals surface area (Å²) in [5.41, 5.74) is 5.74. The van der Waals surface area contributed by atoms with Gasteiger partial charge in [-0.1, -0.05) is 12.1 Å². The average molecular weight is 365 g/mol. The van der Waals surface area contributed by atoms with E-state index in [1.807, 2.05) is 30.1 Å². The van der Waals surface area contributed by atoms with Gasteiger partial charge in [-0.25, -0.2) is 11.7 Å². The highest BCUT2D eigenvalue weighted by Crippen LogP contribution is 2.47. The lowest BCUT2D eigenvalue weighted by molar-refractivity contribution is -0.109. The molecule has 130 valence electrons. The van der Waals surface area contributed by atoms with E-state index < -0.39 is 0 Å². The Balaban J connectivity index is 0.000000471. The summed E-state index contributed by atoms with van der Waals surface area (Å²) < 4.78 is 0. The number of thiophene rings is 1. The van der Waals surface area contributed by atoms with Gasteiger partial charge in [-0.05, 0) is 54.3 Å². The highest BCUT2D eigenvalue weighted by molar-refractivity contribution is 7.98. The van der Waals surface area contributed by atoms with E-state index in [9.17, 15) is 0 Å². The topological polar surface area (TPSA) is 84.4 Å². The number of anilines is 1. The van der Waals surface area contributed by atoms with Gasteiger partial charge >= 0.3 is 0 Å². The molecule has 0 saturated heterocycles. The van der Waals surface area contributed by atoms with Crippen molar-refractivity contribution < 1.29 is 4.79 Å². The standard InChI is InChI=1S/C16H20N2S2.CH4N2O/c1-11-8-13(19-9-11)10-20-16-14(12-6-7-12)4-3-5-15(16)18(2)17;2-3-1-4/h3-5,8-9,12H,6-7,10,17H2,1-2H3;1H,2H2,(H,3,4). The molecular formula is C17H24N4OS2. The van der Waals surface area contributed by atoms with Crippen LogP contribution in [0.3, 0.4) is 0 Å². The number of aryl methyl sites for hydroxylation is 1. The third-order valence-electron chi connectivity index (χ3n) is 3.63. The first kappa shape index (κ1) is 18.8. The van der Waals surface area contributed by atoms with E-state index >= 15 is 0 Å². The van der Waals surface area contributed by atoms with Gasteiger partial charge in [0.15, 0.2) is 0 Å². The Bertz CT molecular complexity index is 648. The van der Waals surface area contributed by atoms with Gasteiger partial charge in [0, 0.05) is 22.6 Å². The summed E-state index contributed by atoms with van der Waals surface area (Å²) in [5, 5.41) is 3.96. The number of thioether (sulfide) groups is 1. The molecule has 0 unspecified atom stereocenters. The molecule has 1 amide bonds. The van der Waals surface area contributed by atoms with E-state index in [1.54, 1.807) is 10.4 Å². The molecule has 1 aliphatic rings. The number of nitrogens with two attached hydrogens (primary N) is 2. The molecule has 0 spiro atoms. The Morgan fingerprint density at radius 1 is 1.46 bits per heavy atom. The van der Waals surface area contributed by atoms with Crippen molar-refractivity contribution in [3.05, 3.63) is 45.6 Å². The summed E-state index contributed by atoms with van der Waals surface area (Å²) in [7, 11) is 1.92. The van der Waals surface area contributed by atoms with Crippen molar-refractivity contribution >= 4 is 35.2 Å². The van der Waals surface area contributed by atoms with Gasteiger partial charge in [0.2, 0.25) is 6.41 Å². The van der Waals surface area contributed by atoms with E-state index in [4.69, 9.17) is 10.6 Å². The predicted molar refractivity (Wildman–Crippen MR) is 103 cm³/mol. The van der Waals surface area contributed by atoms with Crippen molar-refractivity contribution in [3.8, 4) is 0 Å². The van der Waals surface area contributed by atoms with Crippen LogP contribution in [-0.4, -0.2) is 13.5 Å². The molecule has 1 heterocycles. The summed E-state index contributed by atoms with van der Waals surface area (Å²) in [4.78, 5) is 11.7. The first-order chi connectivity index (χ1) is 11.6. The number of benzene rings is 1. The van der Waals surface area contributed by atoms with E-state index in [1.165, 1.54) is 33.7 Å². The summed E-state index contributed by atoms with van der Waals surface area (Å²) in [5.74, 6) is 12.2. The summed E-state index contributed by atoms with van der Waals surface area (Å²) in [6, 6.07) is 8.80. The zero-order chi connectivity index (χ0) is 17.5. The quantitative estimate of drug-likeness (QED) is 0.241. The van der Waals surface area contributed by atoms with Crippen LogP contribution in [0, 0.1) is 6.92 Å². The van der Waals surface area contributed by atoms with Gasteiger partial charge < -0.3 is 5.01 Å². The van der Waals surface area contributed by atoms with Gasteiger partial charge in [0.25, 0.3) is 0 Å². The Hall–Kier alpha value is -1.54. The van der Waals surface area contributed by atoms with Gasteiger partial charge in [0.05, 0.1) is 5.69 Å². The molecule has 1 aromatic carbocycles. The molecule has 7 heteroatoms. The molecule has 5 N–H and O–H groups in total. The number of nitrogens with one attached hydrogen (secondary N) is 1. The molecule has 2 aromatic rings. The highest BCUT2D eigenvalue weighted by Gasteiger charge is 2.27. The largest absolute Gasteiger partial charge is 0.313 e. The number of rotatable bonds is 6. The molecule has 0 bridgehead atoms. The number of carbonyl (C=O) groups excluding carboxylic acids is 1. The van der Waals surface area contributed by atoms with E-state index in [-0.39, 0.29) is 0 Å². The number of hydrogen-bond acceptors (Lipinski definition) is 6. The minimum absolute atomic E-state index is 0.403. The van der Waals surface area contributed by atoms with Crippen LogP contribution in [0.15, 0.2) is 34.5 Å². The smallest absolute Gasteiger partial charge is 0.221 e. The maximum absolute atomic E-state index is 8.94. The lowest BCUT2D eigenvalue weighted by atomic mass is 10.1. The maximum atomic E-state index is 8.94. The number of amides is 1. The zero-order valence-electron chi connectivity index (χ0n) is 14.0. The summed E-state index contributed by atoms with van der Waals surface area (Å²) in [6.07, 6.45) is 3.05. The number of hydrogen-bond donors (Lipinski definition) is 3. The molecule has 1 fully saturated rings. The number of carbonyl (C=O) groups is 1. The Morgan fingerprint density at radius 2 is 2.17 bits per heavy atom. The predicted octanol–water partition coefficient (Wildman–Crippen LogP) is 3.14. The molecule has 3 rings (SSSR count). The molecule has 1 aliphatic carbocycles. The van der Waals surface area contributed by atoms with Crippen molar-refractivity contribution in [2.24, 2.45) is 11.7 Å².